The Hall–Kier alpha value is -2.60. The number of nitrogens with one attached hydrogen (secondary N) is 2. The molecule has 0 saturated carbocycles. The van der Waals surface area contributed by atoms with E-state index in [4.69, 9.17) is 9.47 Å². The van der Waals surface area contributed by atoms with Crippen LogP contribution in [0.25, 0.3) is 0 Å². The number of amides is 2. The van der Waals surface area contributed by atoms with Gasteiger partial charge in [-0.25, -0.2) is 9.18 Å². The molecule has 0 saturated heterocycles. The zero-order valence-corrected chi connectivity index (χ0v) is 13.8. The normalized spacial score (nSPS) is 10.3. The first-order valence-electron chi connectivity index (χ1n) is 7.66. The van der Waals surface area contributed by atoms with E-state index in [1.165, 1.54) is 25.3 Å². The van der Waals surface area contributed by atoms with Gasteiger partial charge in [-0.1, -0.05) is 24.3 Å². The Kier molecular flexibility index (Phi) is 6.57. The summed E-state index contributed by atoms with van der Waals surface area (Å²) in [6.45, 7) is 3.59. The monoisotopic (exact) mass is 332 g/mol. The Morgan fingerprint density at radius 2 is 1.83 bits per heavy atom. The van der Waals surface area contributed by atoms with Gasteiger partial charge >= 0.3 is 6.03 Å². The van der Waals surface area contributed by atoms with Crippen LogP contribution in [0, 0.1) is 5.82 Å². The van der Waals surface area contributed by atoms with Gasteiger partial charge in [0.2, 0.25) is 0 Å². The van der Waals surface area contributed by atoms with Gasteiger partial charge in [-0.3, -0.25) is 0 Å². The molecule has 0 aliphatic heterocycles. The maximum absolute atomic E-state index is 13.1. The highest BCUT2D eigenvalue weighted by atomic mass is 19.1. The van der Waals surface area contributed by atoms with E-state index in [2.05, 4.69) is 10.6 Å². The van der Waals surface area contributed by atoms with E-state index < -0.39 is 11.8 Å². The van der Waals surface area contributed by atoms with Crippen LogP contribution in [-0.4, -0.2) is 19.7 Å². The number of hydrogen-bond donors (Lipinski definition) is 2. The van der Waals surface area contributed by atoms with Gasteiger partial charge in [-0.2, -0.15) is 0 Å². The molecule has 2 rings (SSSR count). The lowest BCUT2D eigenvalue weighted by atomic mass is 10.1. The molecule has 0 bridgehead atoms. The molecule has 2 aromatic carbocycles. The summed E-state index contributed by atoms with van der Waals surface area (Å²) < 4.78 is 23.5. The van der Waals surface area contributed by atoms with Crippen LogP contribution in [0.15, 0.2) is 42.5 Å². The van der Waals surface area contributed by atoms with Crippen molar-refractivity contribution in [1.29, 1.82) is 0 Å². The minimum Gasteiger partial charge on any atom is -0.494 e. The van der Waals surface area contributed by atoms with Gasteiger partial charge in [0.15, 0.2) is 0 Å². The number of urea groups is 1. The number of benzene rings is 2. The SMILES string of the molecule is CCOCc1ccc(CNC(=O)Nc2ccc(F)cc2OC)cc1. The molecule has 2 aromatic rings. The topological polar surface area (TPSA) is 59.6 Å². The molecule has 0 aromatic heterocycles. The Morgan fingerprint density at radius 3 is 2.50 bits per heavy atom. The van der Waals surface area contributed by atoms with Gasteiger partial charge in [0.25, 0.3) is 0 Å². The lowest BCUT2D eigenvalue weighted by molar-refractivity contribution is 0.134. The first kappa shape index (κ1) is 17.7. The summed E-state index contributed by atoms with van der Waals surface area (Å²) in [4.78, 5) is 12.0. The zero-order chi connectivity index (χ0) is 17.4. The minimum atomic E-state index is -0.426. The Bertz CT molecular complexity index is 674. The fourth-order valence-electron chi connectivity index (χ4n) is 2.09. The van der Waals surface area contributed by atoms with Crippen LogP contribution in [0.3, 0.4) is 0 Å². The first-order valence-corrected chi connectivity index (χ1v) is 7.66. The summed E-state index contributed by atoms with van der Waals surface area (Å²) in [5, 5.41) is 5.38. The number of rotatable bonds is 7. The number of ether oxygens (including phenoxy) is 2. The second-order valence-electron chi connectivity index (χ2n) is 5.11. The molecule has 128 valence electrons. The van der Waals surface area contributed by atoms with Gasteiger partial charge in [-0.05, 0) is 30.2 Å². The molecule has 0 aliphatic carbocycles. The molecule has 2 N–H and O–H groups in total. The van der Waals surface area contributed by atoms with Crippen molar-refractivity contribution in [2.24, 2.45) is 0 Å². The van der Waals surface area contributed by atoms with Gasteiger partial charge in [0, 0.05) is 19.2 Å². The number of carbonyl (C=O) groups is 1. The largest absolute Gasteiger partial charge is 0.494 e. The lowest BCUT2D eigenvalue weighted by Gasteiger charge is -2.11. The van der Waals surface area contributed by atoms with Gasteiger partial charge in [0.1, 0.15) is 11.6 Å². The van der Waals surface area contributed by atoms with E-state index in [0.717, 1.165) is 11.1 Å². The van der Waals surface area contributed by atoms with Crippen molar-refractivity contribution in [2.45, 2.75) is 20.1 Å². The highest BCUT2D eigenvalue weighted by Crippen LogP contribution is 2.24. The van der Waals surface area contributed by atoms with E-state index in [0.29, 0.717) is 25.4 Å². The van der Waals surface area contributed by atoms with Crippen molar-refractivity contribution in [3.63, 3.8) is 0 Å². The van der Waals surface area contributed by atoms with E-state index >= 15 is 0 Å². The second kappa shape index (κ2) is 8.88. The first-order chi connectivity index (χ1) is 11.6. The standard InChI is InChI=1S/C18H21FN2O3/c1-3-24-12-14-6-4-13(5-7-14)11-20-18(22)21-16-9-8-15(19)10-17(16)23-2/h4-10H,3,11-12H2,1-2H3,(H2,20,21,22). The summed E-state index contributed by atoms with van der Waals surface area (Å²) in [5.74, 6) is -0.157. The second-order valence-corrected chi connectivity index (χ2v) is 5.11. The minimum absolute atomic E-state index is 0.269. The van der Waals surface area contributed by atoms with Crippen molar-refractivity contribution in [1.82, 2.24) is 5.32 Å². The highest BCUT2D eigenvalue weighted by Gasteiger charge is 2.08. The van der Waals surface area contributed by atoms with Gasteiger partial charge < -0.3 is 20.1 Å². The quantitative estimate of drug-likeness (QED) is 0.813. The average Bonchev–Trinajstić information content (AvgIpc) is 2.60. The van der Waals surface area contributed by atoms with Crippen LogP contribution in [0.5, 0.6) is 5.75 Å². The van der Waals surface area contributed by atoms with E-state index in [9.17, 15) is 9.18 Å². The molecule has 6 heteroatoms. The van der Waals surface area contributed by atoms with Gasteiger partial charge in [-0.15, -0.1) is 0 Å². The molecule has 24 heavy (non-hydrogen) atoms. The van der Waals surface area contributed by atoms with E-state index in [-0.39, 0.29) is 5.75 Å². The molecule has 2 amide bonds. The van der Waals surface area contributed by atoms with E-state index in [1.54, 1.807) is 0 Å². The number of anilines is 1. The molecule has 0 radical (unpaired) electrons. The van der Waals surface area contributed by atoms with Crippen LogP contribution in [0.2, 0.25) is 0 Å². The maximum Gasteiger partial charge on any atom is 0.319 e. The van der Waals surface area contributed by atoms with Crippen LogP contribution in [0.1, 0.15) is 18.1 Å². The highest BCUT2D eigenvalue weighted by molar-refractivity contribution is 5.90. The molecule has 5 nitrogen and oxygen atoms in total. The van der Waals surface area contributed by atoms with Crippen molar-refractivity contribution in [3.8, 4) is 5.75 Å². The number of carbonyl (C=O) groups excluding carboxylic acids is 1. The maximum atomic E-state index is 13.1. The fraction of sp³-hybridized carbons (Fsp3) is 0.278. The molecule has 0 spiro atoms. The van der Waals surface area contributed by atoms with Crippen LogP contribution >= 0.6 is 0 Å². The third kappa shape index (κ3) is 5.24. The summed E-state index contributed by atoms with van der Waals surface area (Å²) in [5.41, 5.74) is 2.46. The summed E-state index contributed by atoms with van der Waals surface area (Å²) in [7, 11) is 1.42. The number of halogens is 1. The van der Waals surface area contributed by atoms with Crippen LogP contribution < -0.4 is 15.4 Å². The van der Waals surface area contributed by atoms with Crippen LogP contribution in [0.4, 0.5) is 14.9 Å². The molecular weight excluding hydrogens is 311 g/mol. The molecule has 0 atom stereocenters. The third-order valence-electron chi connectivity index (χ3n) is 3.36. The molecule has 0 fully saturated rings. The average molecular weight is 332 g/mol. The summed E-state index contributed by atoms with van der Waals surface area (Å²) >= 11 is 0. The van der Waals surface area contributed by atoms with Crippen molar-refractivity contribution in [2.75, 3.05) is 19.0 Å². The molecule has 0 heterocycles. The summed E-state index contributed by atoms with van der Waals surface area (Å²) in [6.07, 6.45) is 0. The van der Waals surface area contributed by atoms with E-state index in [1.807, 2.05) is 31.2 Å². The van der Waals surface area contributed by atoms with Gasteiger partial charge in [0.05, 0.1) is 19.4 Å². The lowest BCUT2D eigenvalue weighted by Crippen LogP contribution is -2.28. The smallest absolute Gasteiger partial charge is 0.319 e. The molecular formula is C18H21FN2O3. The molecule has 0 aliphatic rings. The fourth-order valence-corrected chi connectivity index (χ4v) is 2.09. The zero-order valence-electron chi connectivity index (χ0n) is 13.8. The summed E-state index contributed by atoms with van der Waals surface area (Å²) in [6, 6.07) is 11.3. The van der Waals surface area contributed by atoms with Crippen LogP contribution in [-0.2, 0) is 17.9 Å². The predicted molar refractivity (Wildman–Crippen MR) is 90.6 cm³/mol. The van der Waals surface area contributed by atoms with Crippen molar-refractivity contribution in [3.05, 3.63) is 59.4 Å². The van der Waals surface area contributed by atoms with Crippen molar-refractivity contribution >= 4 is 11.7 Å². The molecule has 0 unspecified atom stereocenters. The Labute approximate surface area is 140 Å². The third-order valence-corrected chi connectivity index (χ3v) is 3.36. The van der Waals surface area contributed by atoms with Crippen molar-refractivity contribution < 1.29 is 18.7 Å². The predicted octanol–water partition coefficient (Wildman–Crippen LogP) is 3.69. The Morgan fingerprint density at radius 1 is 1.12 bits per heavy atom. The number of methoxy groups -OCH3 is 1. The number of hydrogen-bond acceptors (Lipinski definition) is 3. The Balaban J connectivity index is 1.87.